The van der Waals surface area contributed by atoms with Crippen LogP contribution in [-0.4, -0.2) is 24.9 Å². The molecule has 6 heteroatoms. The van der Waals surface area contributed by atoms with Crippen LogP contribution < -0.4 is 0 Å². The highest BCUT2D eigenvalue weighted by Crippen LogP contribution is 2.60. The molecule has 5 nitrogen and oxygen atoms in total. The number of benzene rings is 1. The SMILES string of the molecule is Cc1ccc(S(=O)(=O)N2N=N[C@H]3[C@@H]4C[C@@H]([C@H]5CC=C[C@H]45)[C@H]32)cc1. The largest absolute Gasteiger partial charge is 0.280 e. The summed E-state index contributed by atoms with van der Waals surface area (Å²) < 4.78 is 27.3. The normalized spacial score (nSPS) is 40.0. The minimum Gasteiger partial charge on any atom is -0.200 e. The number of rotatable bonds is 2. The summed E-state index contributed by atoms with van der Waals surface area (Å²) in [5, 5.41) is 8.47. The molecule has 23 heavy (non-hydrogen) atoms. The molecule has 3 aliphatic carbocycles. The molecule has 1 heterocycles. The monoisotopic (exact) mass is 329 g/mol. The third kappa shape index (κ3) is 1.70. The molecule has 0 saturated heterocycles. The van der Waals surface area contributed by atoms with Crippen LogP contribution in [0.1, 0.15) is 18.4 Å². The molecule has 120 valence electrons. The van der Waals surface area contributed by atoms with Crippen LogP contribution in [0.4, 0.5) is 0 Å². The van der Waals surface area contributed by atoms with Gasteiger partial charge in [0, 0.05) is 0 Å². The van der Waals surface area contributed by atoms with Gasteiger partial charge in [0.05, 0.1) is 17.0 Å². The van der Waals surface area contributed by atoms with Crippen LogP contribution in [0.3, 0.4) is 0 Å². The third-order valence-electron chi connectivity index (χ3n) is 6.17. The zero-order chi connectivity index (χ0) is 15.8. The van der Waals surface area contributed by atoms with Gasteiger partial charge in [-0.05, 0) is 55.6 Å². The molecule has 1 aliphatic heterocycles. The Balaban J connectivity index is 1.51. The van der Waals surface area contributed by atoms with Gasteiger partial charge in [-0.25, -0.2) is 0 Å². The lowest BCUT2D eigenvalue weighted by Gasteiger charge is -2.35. The molecule has 0 aromatic heterocycles. The van der Waals surface area contributed by atoms with Crippen LogP contribution in [0.25, 0.3) is 0 Å². The average Bonchev–Trinajstić information content (AvgIpc) is 3.25. The lowest BCUT2D eigenvalue weighted by atomic mass is 9.77. The van der Waals surface area contributed by atoms with E-state index in [-0.39, 0.29) is 12.1 Å². The van der Waals surface area contributed by atoms with Crippen LogP contribution in [0, 0.1) is 30.6 Å². The van der Waals surface area contributed by atoms with E-state index in [1.165, 1.54) is 4.41 Å². The Hall–Kier alpha value is -1.69. The first kappa shape index (κ1) is 13.7. The van der Waals surface area contributed by atoms with E-state index >= 15 is 0 Å². The fourth-order valence-corrected chi connectivity index (χ4v) is 6.61. The minimum atomic E-state index is -3.61. The van der Waals surface area contributed by atoms with Gasteiger partial charge in [0.15, 0.2) is 0 Å². The molecule has 5 rings (SSSR count). The first-order valence-corrected chi connectivity index (χ1v) is 9.70. The van der Waals surface area contributed by atoms with Crippen molar-refractivity contribution in [2.24, 2.45) is 34.0 Å². The molecule has 0 radical (unpaired) electrons. The summed E-state index contributed by atoms with van der Waals surface area (Å²) in [6, 6.07) is 6.96. The standard InChI is InChI=1S/C17H19N3O2S/c1-10-5-7-11(8-6-10)23(21,22)20-17-15-9-14(16(17)18-19-20)12-3-2-4-13(12)15/h2-3,5-8,12-17H,4,9H2,1H3/t12-,13-,14+,15-,16-,17+/m0/s1. The van der Waals surface area contributed by atoms with Gasteiger partial charge in [-0.2, -0.15) is 17.9 Å². The Labute approximate surface area is 136 Å². The number of sulfonamides is 1. The quantitative estimate of drug-likeness (QED) is 0.783. The smallest absolute Gasteiger partial charge is 0.200 e. The van der Waals surface area contributed by atoms with Crippen molar-refractivity contribution in [3.8, 4) is 0 Å². The number of fused-ring (bicyclic) bond motifs is 8. The molecular weight excluding hydrogens is 310 g/mol. The number of hydrogen-bond donors (Lipinski definition) is 0. The van der Waals surface area contributed by atoms with E-state index in [1.807, 2.05) is 19.1 Å². The van der Waals surface area contributed by atoms with Crippen molar-refractivity contribution in [3.05, 3.63) is 42.0 Å². The van der Waals surface area contributed by atoms with Gasteiger partial charge < -0.3 is 0 Å². The van der Waals surface area contributed by atoms with Crippen molar-refractivity contribution >= 4 is 10.0 Å². The second kappa shape index (κ2) is 4.44. The summed E-state index contributed by atoms with van der Waals surface area (Å²) in [7, 11) is -3.61. The summed E-state index contributed by atoms with van der Waals surface area (Å²) in [6.45, 7) is 1.95. The molecule has 4 aliphatic rings. The Morgan fingerprint density at radius 2 is 1.91 bits per heavy atom. The summed E-state index contributed by atoms with van der Waals surface area (Å²) in [4.78, 5) is 0.312. The highest BCUT2D eigenvalue weighted by atomic mass is 32.2. The van der Waals surface area contributed by atoms with Gasteiger partial charge in [0.25, 0.3) is 10.0 Å². The number of hydrogen-bond acceptors (Lipinski definition) is 4. The Kier molecular flexibility index (Phi) is 2.65. The fourth-order valence-electron chi connectivity index (χ4n) is 5.17. The maximum Gasteiger partial charge on any atom is 0.280 e. The molecule has 0 N–H and O–H groups in total. The van der Waals surface area contributed by atoms with Crippen LogP contribution in [0.5, 0.6) is 0 Å². The molecule has 0 unspecified atom stereocenters. The van der Waals surface area contributed by atoms with Crippen LogP contribution in [-0.2, 0) is 10.0 Å². The van der Waals surface area contributed by atoms with E-state index < -0.39 is 10.0 Å². The minimum absolute atomic E-state index is 0.0456. The highest BCUT2D eigenvalue weighted by Gasteiger charge is 2.63. The van der Waals surface area contributed by atoms with Crippen LogP contribution in [0.15, 0.2) is 51.7 Å². The van der Waals surface area contributed by atoms with E-state index in [4.69, 9.17) is 0 Å². The van der Waals surface area contributed by atoms with E-state index in [9.17, 15) is 8.42 Å². The van der Waals surface area contributed by atoms with E-state index in [1.54, 1.807) is 12.1 Å². The third-order valence-corrected chi connectivity index (χ3v) is 7.85. The predicted molar refractivity (Wildman–Crippen MR) is 85.0 cm³/mol. The summed E-state index contributed by atoms with van der Waals surface area (Å²) in [5.74, 6) is 2.03. The molecule has 2 fully saturated rings. The first-order valence-electron chi connectivity index (χ1n) is 8.26. The lowest BCUT2D eigenvalue weighted by molar-refractivity contribution is 0.177. The van der Waals surface area contributed by atoms with Crippen molar-refractivity contribution in [2.45, 2.75) is 36.7 Å². The van der Waals surface area contributed by atoms with Gasteiger partial charge in [0.1, 0.15) is 0 Å². The average molecular weight is 329 g/mol. The van der Waals surface area contributed by atoms with Gasteiger partial charge in [0.2, 0.25) is 0 Å². The zero-order valence-corrected chi connectivity index (χ0v) is 13.7. The van der Waals surface area contributed by atoms with Crippen LogP contribution in [0.2, 0.25) is 0 Å². The van der Waals surface area contributed by atoms with Gasteiger partial charge in [-0.3, -0.25) is 0 Å². The lowest BCUT2D eigenvalue weighted by Crippen LogP contribution is -2.46. The van der Waals surface area contributed by atoms with Crippen molar-refractivity contribution in [2.75, 3.05) is 0 Å². The summed E-state index contributed by atoms with van der Waals surface area (Å²) in [5.41, 5.74) is 1.05. The molecule has 1 aromatic rings. The number of allylic oxidation sites excluding steroid dienone is 2. The molecule has 6 atom stereocenters. The Morgan fingerprint density at radius 3 is 2.70 bits per heavy atom. The van der Waals surface area contributed by atoms with Crippen molar-refractivity contribution in [3.63, 3.8) is 0 Å². The maximum atomic E-state index is 13.0. The molecule has 2 bridgehead atoms. The van der Waals surface area contributed by atoms with Crippen molar-refractivity contribution < 1.29 is 8.42 Å². The molecule has 2 saturated carbocycles. The van der Waals surface area contributed by atoms with Gasteiger partial charge in [-0.1, -0.05) is 35.1 Å². The maximum absolute atomic E-state index is 13.0. The van der Waals surface area contributed by atoms with E-state index in [0.717, 1.165) is 18.4 Å². The second-order valence-corrected chi connectivity index (χ2v) is 9.04. The topological polar surface area (TPSA) is 62.1 Å². The molecular formula is C17H19N3O2S. The van der Waals surface area contributed by atoms with Crippen molar-refractivity contribution in [1.29, 1.82) is 0 Å². The zero-order valence-electron chi connectivity index (χ0n) is 12.9. The first-order chi connectivity index (χ1) is 11.1. The van der Waals surface area contributed by atoms with Gasteiger partial charge >= 0.3 is 0 Å². The van der Waals surface area contributed by atoms with E-state index in [0.29, 0.717) is 28.6 Å². The molecule has 1 aromatic carbocycles. The van der Waals surface area contributed by atoms with Crippen LogP contribution >= 0.6 is 0 Å². The summed E-state index contributed by atoms with van der Waals surface area (Å²) in [6.07, 6.45) is 6.74. The van der Waals surface area contributed by atoms with Crippen molar-refractivity contribution in [1.82, 2.24) is 4.41 Å². The Morgan fingerprint density at radius 1 is 1.13 bits per heavy atom. The number of nitrogens with zero attached hydrogens (tertiary/aromatic N) is 3. The second-order valence-electron chi connectivity index (χ2n) is 7.25. The molecule has 0 spiro atoms. The predicted octanol–water partition coefficient (Wildman–Crippen LogP) is 2.95. The van der Waals surface area contributed by atoms with E-state index in [2.05, 4.69) is 22.5 Å². The fraction of sp³-hybridized carbons (Fsp3) is 0.529. The Bertz CT molecular complexity index is 815. The van der Waals surface area contributed by atoms with Gasteiger partial charge in [-0.15, -0.1) is 0 Å². The summed E-state index contributed by atoms with van der Waals surface area (Å²) >= 11 is 0. The molecule has 0 amide bonds. The highest BCUT2D eigenvalue weighted by molar-refractivity contribution is 7.89. The number of aryl methyl sites for hydroxylation is 1.